The molecule has 2 rings (SSSR count). The van der Waals surface area contributed by atoms with Crippen LogP contribution in [-0.4, -0.2) is 26.7 Å². The molecule has 0 aliphatic carbocycles. The van der Waals surface area contributed by atoms with Crippen LogP contribution in [0.2, 0.25) is 0 Å². The van der Waals surface area contributed by atoms with Gasteiger partial charge in [-0.3, -0.25) is 4.79 Å². The summed E-state index contributed by atoms with van der Waals surface area (Å²) in [4.78, 5) is 12.0. The monoisotopic (exact) mass is 317 g/mol. The van der Waals surface area contributed by atoms with E-state index in [0.717, 1.165) is 23.4 Å². The van der Waals surface area contributed by atoms with Crippen LogP contribution in [0.25, 0.3) is 5.69 Å². The summed E-state index contributed by atoms with van der Waals surface area (Å²) in [5, 5.41) is 7.20. The zero-order valence-corrected chi connectivity index (χ0v) is 14.0. The number of nitrogens with zero attached hydrogens (tertiary/aromatic N) is 2. The largest absolute Gasteiger partial charge is 0.351 e. The van der Waals surface area contributed by atoms with Crippen LogP contribution in [0, 0.1) is 0 Å². The lowest BCUT2D eigenvalue weighted by molar-refractivity contribution is -0.120. The molecule has 1 aromatic carbocycles. The molecule has 1 heterocycles. The van der Waals surface area contributed by atoms with Crippen LogP contribution in [0.1, 0.15) is 32.3 Å². The number of hydrogen-bond donors (Lipinski definition) is 1. The minimum absolute atomic E-state index is 0.00916. The number of thioether (sulfide) groups is 1. The molecule has 4 nitrogen and oxygen atoms in total. The standard InChI is InChI=1S/C17H23N3OS/c1-3-4-12-22-14(2)17(21)18-13-15-6-8-16(9-7-15)20-11-5-10-19-20/h5-11,14H,3-4,12-13H2,1-2H3,(H,18,21)/t14-/m1/s1. The molecule has 1 aromatic heterocycles. The van der Waals surface area contributed by atoms with E-state index in [1.807, 2.05) is 48.1 Å². The van der Waals surface area contributed by atoms with Gasteiger partial charge in [0.1, 0.15) is 0 Å². The van der Waals surface area contributed by atoms with Gasteiger partial charge in [0, 0.05) is 18.9 Å². The molecular weight excluding hydrogens is 294 g/mol. The van der Waals surface area contributed by atoms with E-state index in [-0.39, 0.29) is 11.2 Å². The molecule has 0 bridgehead atoms. The molecule has 0 aliphatic rings. The maximum atomic E-state index is 12.0. The number of hydrogen-bond acceptors (Lipinski definition) is 3. The normalized spacial score (nSPS) is 12.1. The molecule has 0 saturated carbocycles. The highest BCUT2D eigenvalue weighted by Gasteiger charge is 2.12. The highest BCUT2D eigenvalue weighted by Crippen LogP contribution is 2.13. The van der Waals surface area contributed by atoms with Crippen LogP contribution in [0.4, 0.5) is 0 Å². The number of unbranched alkanes of at least 4 members (excludes halogenated alkanes) is 1. The zero-order chi connectivity index (χ0) is 15.8. The van der Waals surface area contributed by atoms with Crippen molar-refractivity contribution in [3.8, 4) is 5.69 Å². The third kappa shape index (κ3) is 4.91. The summed E-state index contributed by atoms with van der Waals surface area (Å²) in [6.07, 6.45) is 6.00. The summed E-state index contributed by atoms with van der Waals surface area (Å²) in [6, 6.07) is 9.95. The highest BCUT2D eigenvalue weighted by molar-refractivity contribution is 8.00. The quantitative estimate of drug-likeness (QED) is 0.759. The van der Waals surface area contributed by atoms with Gasteiger partial charge in [0.15, 0.2) is 0 Å². The lowest BCUT2D eigenvalue weighted by atomic mass is 10.2. The van der Waals surface area contributed by atoms with Crippen LogP contribution >= 0.6 is 11.8 Å². The average molecular weight is 317 g/mol. The summed E-state index contributed by atoms with van der Waals surface area (Å²) in [5.74, 6) is 1.15. The first-order valence-electron chi connectivity index (χ1n) is 7.69. The molecule has 0 aliphatic heterocycles. The van der Waals surface area contributed by atoms with E-state index in [2.05, 4.69) is 17.3 Å². The maximum Gasteiger partial charge on any atom is 0.233 e. The van der Waals surface area contributed by atoms with Gasteiger partial charge in [-0.2, -0.15) is 5.10 Å². The summed E-state index contributed by atoms with van der Waals surface area (Å²) < 4.78 is 1.81. The smallest absolute Gasteiger partial charge is 0.233 e. The molecule has 22 heavy (non-hydrogen) atoms. The van der Waals surface area contributed by atoms with Crippen molar-refractivity contribution in [2.45, 2.75) is 38.5 Å². The summed E-state index contributed by atoms with van der Waals surface area (Å²) in [7, 11) is 0. The number of nitrogens with one attached hydrogen (secondary N) is 1. The maximum absolute atomic E-state index is 12.0. The Morgan fingerprint density at radius 3 is 2.77 bits per heavy atom. The fourth-order valence-corrected chi connectivity index (χ4v) is 3.04. The van der Waals surface area contributed by atoms with Crippen molar-refractivity contribution >= 4 is 17.7 Å². The SMILES string of the molecule is CCCCS[C@H](C)C(=O)NCc1ccc(-n2cccn2)cc1. The fraction of sp³-hybridized carbons (Fsp3) is 0.412. The van der Waals surface area contributed by atoms with Crippen LogP contribution < -0.4 is 5.32 Å². The van der Waals surface area contributed by atoms with E-state index >= 15 is 0 Å². The van der Waals surface area contributed by atoms with Gasteiger partial charge in [-0.15, -0.1) is 11.8 Å². The number of rotatable bonds is 8. The Morgan fingerprint density at radius 1 is 1.36 bits per heavy atom. The molecule has 1 N–H and O–H groups in total. The summed E-state index contributed by atoms with van der Waals surface area (Å²) >= 11 is 1.72. The van der Waals surface area contributed by atoms with Gasteiger partial charge in [-0.05, 0) is 42.9 Å². The van der Waals surface area contributed by atoms with E-state index < -0.39 is 0 Å². The minimum Gasteiger partial charge on any atom is -0.351 e. The van der Waals surface area contributed by atoms with Crippen molar-refractivity contribution in [1.29, 1.82) is 0 Å². The van der Waals surface area contributed by atoms with Crippen LogP contribution in [0.15, 0.2) is 42.7 Å². The highest BCUT2D eigenvalue weighted by atomic mass is 32.2. The molecule has 0 spiro atoms. The first-order valence-corrected chi connectivity index (χ1v) is 8.74. The lowest BCUT2D eigenvalue weighted by Gasteiger charge is -2.12. The molecule has 0 saturated heterocycles. The van der Waals surface area contributed by atoms with Crippen LogP contribution in [-0.2, 0) is 11.3 Å². The molecule has 1 atom stereocenters. The number of carbonyl (C=O) groups excluding carboxylic acids is 1. The molecular formula is C17H23N3OS. The van der Waals surface area contributed by atoms with E-state index in [9.17, 15) is 4.79 Å². The van der Waals surface area contributed by atoms with Crippen LogP contribution in [0.3, 0.4) is 0 Å². The molecule has 2 aromatic rings. The third-order valence-electron chi connectivity index (χ3n) is 3.41. The van der Waals surface area contributed by atoms with Crippen molar-refractivity contribution in [2.24, 2.45) is 0 Å². The molecule has 5 heteroatoms. The second kappa shape index (κ2) is 8.63. The Hall–Kier alpha value is -1.75. The van der Waals surface area contributed by atoms with Gasteiger partial charge in [0.25, 0.3) is 0 Å². The topological polar surface area (TPSA) is 46.9 Å². The molecule has 0 unspecified atom stereocenters. The predicted octanol–water partition coefficient (Wildman–Crippen LogP) is 3.41. The second-order valence-corrected chi connectivity index (χ2v) is 6.65. The number of amides is 1. The first-order chi connectivity index (χ1) is 10.7. The Balaban J connectivity index is 1.80. The van der Waals surface area contributed by atoms with Crippen molar-refractivity contribution in [3.63, 3.8) is 0 Å². The van der Waals surface area contributed by atoms with Crippen molar-refractivity contribution < 1.29 is 4.79 Å². The number of benzene rings is 1. The second-order valence-electron chi connectivity index (χ2n) is 5.20. The average Bonchev–Trinajstić information content (AvgIpc) is 3.07. The zero-order valence-electron chi connectivity index (χ0n) is 13.2. The van der Waals surface area contributed by atoms with Gasteiger partial charge in [-0.1, -0.05) is 25.5 Å². The van der Waals surface area contributed by atoms with Crippen molar-refractivity contribution in [2.75, 3.05) is 5.75 Å². The number of carbonyl (C=O) groups is 1. The Kier molecular flexibility index (Phi) is 6.52. The van der Waals surface area contributed by atoms with Gasteiger partial charge in [0.2, 0.25) is 5.91 Å². The summed E-state index contributed by atoms with van der Waals surface area (Å²) in [6.45, 7) is 4.70. The van der Waals surface area contributed by atoms with Crippen LogP contribution in [0.5, 0.6) is 0 Å². The van der Waals surface area contributed by atoms with Gasteiger partial charge >= 0.3 is 0 Å². The Labute approximate surface area is 136 Å². The Bertz CT molecular complexity index is 566. The van der Waals surface area contributed by atoms with Crippen molar-refractivity contribution in [3.05, 3.63) is 48.3 Å². The van der Waals surface area contributed by atoms with Gasteiger partial charge in [0.05, 0.1) is 10.9 Å². The predicted molar refractivity (Wildman–Crippen MR) is 92.2 cm³/mol. The first kappa shape index (κ1) is 16.6. The molecule has 118 valence electrons. The van der Waals surface area contributed by atoms with Crippen molar-refractivity contribution in [1.82, 2.24) is 15.1 Å². The third-order valence-corrected chi connectivity index (χ3v) is 4.65. The molecule has 0 fully saturated rings. The van der Waals surface area contributed by atoms with Gasteiger partial charge < -0.3 is 5.32 Å². The van der Waals surface area contributed by atoms with Gasteiger partial charge in [-0.25, -0.2) is 4.68 Å². The van der Waals surface area contributed by atoms with E-state index in [1.54, 1.807) is 18.0 Å². The fourth-order valence-electron chi connectivity index (χ4n) is 2.00. The Morgan fingerprint density at radius 2 is 2.14 bits per heavy atom. The summed E-state index contributed by atoms with van der Waals surface area (Å²) in [5.41, 5.74) is 2.11. The number of aromatic nitrogens is 2. The minimum atomic E-state index is 0.00916. The molecule has 0 radical (unpaired) electrons. The van der Waals surface area contributed by atoms with E-state index in [4.69, 9.17) is 0 Å². The van der Waals surface area contributed by atoms with E-state index in [0.29, 0.717) is 6.54 Å². The lowest BCUT2D eigenvalue weighted by Crippen LogP contribution is -2.30. The molecule has 1 amide bonds. The van der Waals surface area contributed by atoms with E-state index in [1.165, 1.54) is 6.42 Å².